The number of carbonyl (C=O) groups is 1. The van der Waals surface area contributed by atoms with Crippen LogP contribution < -0.4 is 10.0 Å². The van der Waals surface area contributed by atoms with Crippen molar-refractivity contribution in [3.63, 3.8) is 0 Å². The monoisotopic (exact) mass is 486 g/mol. The Labute approximate surface area is 205 Å². The number of nitrogens with one attached hydrogen (secondary N) is 2. The van der Waals surface area contributed by atoms with Gasteiger partial charge >= 0.3 is 0 Å². The van der Waals surface area contributed by atoms with Crippen molar-refractivity contribution in [2.24, 2.45) is 0 Å². The highest BCUT2D eigenvalue weighted by atomic mass is 32.2. The Hall–Kier alpha value is -4.01. The van der Waals surface area contributed by atoms with Crippen LogP contribution in [0.1, 0.15) is 21.5 Å². The summed E-state index contributed by atoms with van der Waals surface area (Å²) in [6.07, 6.45) is 3.40. The molecule has 0 aliphatic rings. The van der Waals surface area contributed by atoms with Crippen LogP contribution in [0.2, 0.25) is 0 Å². The summed E-state index contributed by atoms with van der Waals surface area (Å²) in [6.45, 7) is 4.53. The van der Waals surface area contributed by atoms with Crippen LogP contribution in [-0.4, -0.2) is 30.7 Å². The molecule has 178 valence electrons. The van der Waals surface area contributed by atoms with Gasteiger partial charge in [-0.15, -0.1) is 6.58 Å². The van der Waals surface area contributed by atoms with Crippen LogP contribution in [0.3, 0.4) is 0 Å². The largest absolute Gasteiger partial charge is 0.348 e. The van der Waals surface area contributed by atoms with Gasteiger partial charge in [-0.05, 0) is 29.8 Å². The third-order valence-electron chi connectivity index (χ3n) is 5.36. The fourth-order valence-corrected chi connectivity index (χ4v) is 4.60. The lowest BCUT2D eigenvalue weighted by Crippen LogP contribution is -2.25. The normalized spacial score (nSPS) is 11.2. The van der Waals surface area contributed by atoms with Crippen molar-refractivity contribution in [2.45, 2.75) is 18.0 Å². The number of carbonyl (C=O) groups excluding carboxylic acids is 1. The summed E-state index contributed by atoms with van der Waals surface area (Å²) in [7, 11) is -3.64. The summed E-state index contributed by atoms with van der Waals surface area (Å²) in [5.74, 6) is -0.303. The first-order valence-corrected chi connectivity index (χ1v) is 12.6. The van der Waals surface area contributed by atoms with E-state index in [2.05, 4.69) is 16.6 Å². The van der Waals surface area contributed by atoms with Crippen LogP contribution in [-0.2, 0) is 23.1 Å². The maximum absolute atomic E-state index is 12.8. The summed E-state index contributed by atoms with van der Waals surface area (Å²) >= 11 is 0. The fourth-order valence-electron chi connectivity index (χ4n) is 3.60. The van der Waals surface area contributed by atoms with Gasteiger partial charge in [0.15, 0.2) is 0 Å². The lowest BCUT2D eigenvalue weighted by molar-refractivity contribution is 0.0951. The Morgan fingerprint density at radius 1 is 0.943 bits per heavy atom. The molecule has 0 bridgehead atoms. The van der Waals surface area contributed by atoms with Crippen molar-refractivity contribution in [2.75, 3.05) is 6.54 Å². The maximum atomic E-state index is 12.8. The molecule has 7 nitrogen and oxygen atoms in total. The molecule has 4 aromatic rings. The zero-order chi connectivity index (χ0) is 24.7. The third-order valence-corrected chi connectivity index (χ3v) is 6.80. The second kappa shape index (κ2) is 10.9. The first-order valence-electron chi connectivity index (χ1n) is 11.1. The van der Waals surface area contributed by atoms with E-state index in [0.29, 0.717) is 12.1 Å². The Morgan fingerprint density at radius 3 is 2.26 bits per heavy atom. The molecular weight excluding hydrogens is 460 g/mol. The van der Waals surface area contributed by atoms with Crippen LogP contribution >= 0.6 is 0 Å². The highest BCUT2D eigenvalue weighted by Crippen LogP contribution is 2.22. The molecule has 0 saturated heterocycles. The predicted octanol–water partition coefficient (Wildman–Crippen LogP) is 3.99. The Morgan fingerprint density at radius 2 is 1.60 bits per heavy atom. The topological polar surface area (TPSA) is 93.1 Å². The van der Waals surface area contributed by atoms with Crippen molar-refractivity contribution in [1.82, 2.24) is 19.8 Å². The molecule has 0 aliphatic carbocycles. The number of rotatable bonds is 10. The van der Waals surface area contributed by atoms with E-state index < -0.39 is 10.0 Å². The summed E-state index contributed by atoms with van der Waals surface area (Å²) in [5, 5.41) is 7.70. The Kier molecular flexibility index (Phi) is 7.54. The summed E-state index contributed by atoms with van der Waals surface area (Å²) < 4.78 is 28.7. The number of aromatic nitrogens is 2. The molecule has 0 atom stereocenters. The zero-order valence-electron chi connectivity index (χ0n) is 19.1. The molecule has 0 fully saturated rings. The SMILES string of the molecule is C=CCNS(=O)(=O)c1ccc(C(=O)NCc2cn(Cc3ccccc3)nc2-c2ccccc2)cc1. The summed E-state index contributed by atoms with van der Waals surface area (Å²) in [5.41, 5.74) is 4.14. The first-order chi connectivity index (χ1) is 17.0. The van der Waals surface area contributed by atoms with Gasteiger partial charge in [0, 0.05) is 36.0 Å². The van der Waals surface area contributed by atoms with Gasteiger partial charge in [-0.3, -0.25) is 9.48 Å². The number of nitrogens with zero attached hydrogens (tertiary/aromatic N) is 2. The molecule has 2 N–H and O–H groups in total. The van der Waals surface area contributed by atoms with E-state index in [-0.39, 0.29) is 23.9 Å². The minimum atomic E-state index is -3.64. The van der Waals surface area contributed by atoms with E-state index in [1.54, 1.807) is 0 Å². The molecule has 4 rings (SSSR count). The molecule has 0 spiro atoms. The average molecular weight is 487 g/mol. The van der Waals surface area contributed by atoms with Gasteiger partial charge < -0.3 is 5.32 Å². The van der Waals surface area contributed by atoms with Crippen LogP contribution in [0.15, 0.2) is 109 Å². The molecule has 8 heteroatoms. The van der Waals surface area contributed by atoms with E-state index in [9.17, 15) is 13.2 Å². The molecule has 0 radical (unpaired) electrons. The minimum absolute atomic E-state index is 0.0875. The zero-order valence-corrected chi connectivity index (χ0v) is 19.9. The van der Waals surface area contributed by atoms with E-state index in [0.717, 1.165) is 22.4 Å². The number of benzene rings is 3. The van der Waals surface area contributed by atoms with Crippen LogP contribution in [0, 0.1) is 0 Å². The molecule has 1 amide bonds. The van der Waals surface area contributed by atoms with E-state index in [1.807, 2.05) is 71.5 Å². The Bertz CT molecular complexity index is 1400. The highest BCUT2D eigenvalue weighted by molar-refractivity contribution is 7.89. The van der Waals surface area contributed by atoms with Gasteiger partial charge in [0.05, 0.1) is 17.1 Å². The lowest BCUT2D eigenvalue weighted by atomic mass is 10.1. The fraction of sp³-hybridized carbons (Fsp3) is 0.111. The molecule has 1 aromatic heterocycles. The molecule has 0 saturated carbocycles. The van der Waals surface area contributed by atoms with Crippen molar-refractivity contribution in [1.29, 1.82) is 0 Å². The number of hydrogen-bond acceptors (Lipinski definition) is 4. The minimum Gasteiger partial charge on any atom is -0.348 e. The van der Waals surface area contributed by atoms with E-state index in [4.69, 9.17) is 5.10 Å². The Balaban J connectivity index is 1.50. The molecule has 1 heterocycles. The standard InChI is InChI=1S/C27H26N4O3S/c1-2-17-29-35(33,34)25-15-13-23(14-16-25)27(32)28-18-24-20-31(19-21-9-5-3-6-10-21)30-26(24)22-11-7-4-8-12-22/h2-16,20,29H,1,17-19H2,(H,28,32). The quantitative estimate of drug-likeness (QED) is 0.332. The highest BCUT2D eigenvalue weighted by Gasteiger charge is 2.16. The average Bonchev–Trinajstić information content (AvgIpc) is 3.29. The van der Waals surface area contributed by atoms with Gasteiger partial charge in [-0.2, -0.15) is 5.10 Å². The van der Waals surface area contributed by atoms with Gasteiger partial charge in [0.1, 0.15) is 0 Å². The van der Waals surface area contributed by atoms with Crippen LogP contribution in [0.4, 0.5) is 0 Å². The molecule has 0 aliphatic heterocycles. The number of amides is 1. The maximum Gasteiger partial charge on any atom is 0.251 e. The molecular formula is C27H26N4O3S. The van der Waals surface area contributed by atoms with Gasteiger partial charge in [-0.1, -0.05) is 66.7 Å². The van der Waals surface area contributed by atoms with Crippen LogP contribution in [0.5, 0.6) is 0 Å². The number of hydrogen-bond donors (Lipinski definition) is 2. The summed E-state index contributed by atoms with van der Waals surface area (Å²) in [6, 6.07) is 25.7. The van der Waals surface area contributed by atoms with Crippen molar-refractivity contribution >= 4 is 15.9 Å². The second-order valence-corrected chi connectivity index (χ2v) is 9.67. The molecule has 3 aromatic carbocycles. The summed E-state index contributed by atoms with van der Waals surface area (Å²) in [4.78, 5) is 12.9. The molecule has 35 heavy (non-hydrogen) atoms. The van der Waals surface area contributed by atoms with Crippen molar-refractivity contribution < 1.29 is 13.2 Å². The first kappa shape index (κ1) is 24.1. The van der Waals surface area contributed by atoms with Crippen LogP contribution in [0.25, 0.3) is 11.3 Å². The number of sulfonamides is 1. The lowest BCUT2D eigenvalue weighted by Gasteiger charge is -2.08. The van der Waals surface area contributed by atoms with Crippen molar-refractivity contribution in [3.8, 4) is 11.3 Å². The van der Waals surface area contributed by atoms with Gasteiger partial charge in [-0.25, -0.2) is 13.1 Å². The van der Waals surface area contributed by atoms with Crippen molar-refractivity contribution in [3.05, 3.63) is 120 Å². The third kappa shape index (κ3) is 6.11. The van der Waals surface area contributed by atoms with Gasteiger partial charge in [0.25, 0.3) is 5.91 Å². The van der Waals surface area contributed by atoms with E-state index >= 15 is 0 Å². The predicted molar refractivity (Wildman–Crippen MR) is 136 cm³/mol. The second-order valence-electron chi connectivity index (χ2n) is 7.90. The smallest absolute Gasteiger partial charge is 0.251 e. The molecule has 0 unspecified atom stereocenters. The van der Waals surface area contributed by atoms with Gasteiger partial charge in [0.2, 0.25) is 10.0 Å². The van der Waals surface area contributed by atoms with E-state index in [1.165, 1.54) is 30.3 Å².